The van der Waals surface area contributed by atoms with Gasteiger partial charge in [-0.25, -0.2) is 0 Å². The molecule has 0 aromatic heterocycles. The maximum Gasteiger partial charge on any atom is 0.0341 e. The highest BCUT2D eigenvalue weighted by molar-refractivity contribution is 4.94. The molecule has 0 radical (unpaired) electrons. The van der Waals surface area contributed by atoms with E-state index >= 15 is 0 Å². The zero-order valence-electron chi connectivity index (χ0n) is 14.0. The van der Waals surface area contributed by atoms with E-state index in [9.17, 15) is 0 Å². The van der Waals surface area contributed by atoms with Gasteiger partial charge in [0, 0.05) is 31.2 Å². The standard InChI is InChI=1S/C16H35N3/c1-14(2)19-10-7-8-16(12-17,9-11-19)18(6)13-15(3,4)5/h14H,7-13,17H2,1-6H3. The fraction of sp³-hybridized carbons (Fsp3) is 1.00. The smallest absolute Gasteiger partial charge is 0.0341 e. The molecule has 1 rings (SSSR count). The van der Waals surface area contributed by atoms with Gasteiger partial charge in [0.15, 0.2) is 0 Å². The first-order chi connectivity index (χ1) is 8.70. The molecule has 0 aromatic rings. The Morgan fingerprint density at radius 1 is 1.21 bits per heavy atom. The van der Waals surface area contributed by atoms with Crippen LogP contribution >= 0.6 is 0 Å². The second-order valence-corrected chi connectivity index (χ2v) is 7.83. The molecule has 1 fully saturated rings. The first kappa shape index (κ1) is 16.9. The van der Waals surface area contributed by atoms with Gasteiger partial charge in [0.2, 0.25) is 0 Å². The number of likely N-dealkylation sites (N-methyl/N-ethyl adjacent to an activating group) is 1. The Labute approximate surface area is 120 Å². The van der Waals surface area contributed by atoms with Gasteiger partial charge in [-0.1, -0.05) is 20.8 Å². The molecule has 0 bridgehead atoms. The minimum absolute atomic E-state index is 0.205. The second kappa shape index (κ2) is 6.55. The molecular weight excluding hydrogens is 234 g/mol. The van der Waals surface area contributed by atoms with Crippen LogP contribution in [0.5, 0.6) is 0 Å². The Balaban J connectivity index is 2.74. The molecule has 1 aliphatic heterocycles. The summed E-state index contributed by atoms with van der Waals surface area (Å²) in [5.41, 5.74) is 6.73. The summed E-state index contributed by atoms with van der Waals surface area (Å²) in [5.74, 6) is 0. The highest BCUT2D eigenvalue weighted by Crippen LogP contribution is 2.30. The van der Waals surface area contributed by atoms with E-state index in [-0.39, 0.29) is 5.54 Å². The van der Waals surface area contributed by atoms with Gasteiger partial charge in [-0.2, -0.15) is 0 Å². The van der Waals surface area contributed by atoms with Gasteiger partial charge in [0.25, 0.3) is 0 Å². The van der Waals surface area contributed by atoms with Gasteiger partial charge >= 0.3 is 0 Å². The van der Waals surface area contributed by atoms with Crippen LogP contribution < -0.4 is 5.73 Å². The molecule has 0 spiro atoms. The van der Waals surface area contributed by atoms with Crippen molar-refractivity contribution in [3.63, 3.8) is 0 Å². The number of nitrogens with two attached hydrogens (primary N) is 1. The first-order valence-corrected chi connectivity index (χ1v) is 7.85. The van der Waals surface area contributed by atoms with Gasteiger partial charge in [0.05, 0.1) is 0 Å². The molecule has 1 atom stereocenters. The van der Waals surface area contributed by atoms with Crippen LogP contribution in [0.25, 0.3) is 0 Å². The summed E-state index contributed by atoms with van der Waals surface area (Å²) in [5, 5.41) is 0. The molecular formula is C16H35N3. The lowest BCUT2D eigenvalue weighted by Crippen LogP contribution is -2.54. The molecule has 0 amide bonds. The van der Waals surface area contributed by atoms with Gasteiger partial charge in [-0.3, -0.25) is 4.90 Å². The van der Waals surface area contributed by atoms with Crippen LogP contribution in [0.1, 0.15) is 53.9 Å². The third-order valence-corrected chi connectivity index (χ3v) is 4.58. The van der Waals surface area contributed by atoms with Crippen LogP contribution in [-0.4, -0.2) is 54.6 Å². The van der Waals surface area contributed by atoms with Crippen molar-refractivity contribution in [3.8, 4) is 0 Å². The molecule has 0 aromatic carbocycles. The van der Waals surface area contributed by atoms with Crippen molar-refractivity contribution in [2.75, 3.05) is 33.2 Å². The van der Waals surface area contributed by atoms with Crippen LogP contribution in [0.4, 0.5) is 0 Å². The van der Waals surface area contributed by atoms with E-state index in [0.29, 0.717) is 11.5 Å². The van der Waals surface area contributed by atoms with Gasteiger partial charge < -0.3 is 10.6 Å². The van der Waals surface area contributed by atoms with E-state index < -0.39 is 0 Å². The third kappa shape index (κ3) is 4.73. The Bertz CT molecular complexity index is 270. The van der Waals surface area contributed by atoms with E-state index in [2.05, 4.69) is 51.5 Å². The quantitative estimate of drug-likeness (QED) is 0.851. The van der Waals surface area contributed by atoms with E-state index in [1.807, 2.05) is 0 Å². The van der Waals surface area contributed by atoms with Gasteiger partial charge in [0.1, 0.15) is 0 Å². The predicted octanol–water partition coefficient (Wildman–Crippen LogP) is 2.56. The van der Waals surface area contributed by atoms with Crippen molar-refractivity contribution in [2.24, 2.45) is 11.1 Å². The minimum atomic E-state index is 0.205. The Morgan fingerprint density at radius 3 is 2.32 bits per heavy atom. The van der Waals surface area contributed by atoms with Crippen molar-refractivity contribution in [3.05, 3.63) is 0 Å². The zero-order valence-corrected chi connectivity index (χ0v) is 14.0. The molecule has 3 nitrogen and oxygen atoms in total. The maximum absolute atomic E-state index is 6.19. The summed E-state index contributed by atoms with van der Waals surface area (Å²) < 4.78 is 0. The van der Waals surface area contributed by atoms with E-state index in [1.165, 1.54) is 32.4 Å². The predicted molar refractivity (Wildman–Crippen MR) is 84.4 cm³/mol. The molecule has 3 heteroatoms. The van der Waals surface area contributed by atoms with Crippen molar-refractivity contribution < 1.29 is 0 Å². The summed E-state index contributed by atoms with van der Waals surface area (Å²) in [4.78, 5) is 5.14. The van der Waals surface area contributed by atoms with E-state index in [1.54, 1.807) is 0 Å². The van der Waals surface area contributed by atoms with Crippen LogP contribution in [0.3, 0.4) is 0 Å². The number of nitrogens with zero attached hydrogens (tertiary/aromatic N) is 2. The SMILES string of the molecule is CC(C)N1CCCC(CN)(N(C)CC(C)(C)C)CC1. The van der Waals surface area contributed by atoms with Crippen molar-refractivity contribution >= 4 is 0 Å². The van der Waals surface area contributed by atoms with Crippen LogP contribution in [0.2, 0.25) is 0 Å². The fourth-order valence-corrected chi connectivity index (χ4v) is 3.34. The Kier molecular flexibility index (Phi) is 5.84. The summed E-state index contributed by atoms with van der Waals surface area (Å²) in [7, 11) is 2.27. The molecule has 1 saturated heterocycles. The van der Waals surface area contributed by atoms with Gasteiger partial charge in [-0.05, 0) is 52.1 Å². The van der Waals surface area contributed by atoms with Crippen molar-refractivity contribution in [2.45, 2.75) is 65.5 Å². The lowest BCUT2D eigenvalue weighted by Gasteiger charge is -2.43. The van der Waals surface area contributed by atoms with Gasteiger partial charge in [-0.15, -0.1) is 0 Å². The van der Waals surface area contributed by atoms with Crippen molar-refractivity contribution in [1.29, 1.82) is 0 Å². The average Bonchev–Trinajstić information content (AvgIpc) is 2.49. The zero-order chi connectivity index (χ0) is 14.7. The molecule has 0 aliphatic carbocycles. The maximum atomic E-state index is 6.19. The second-order valence-electron chi connectivity index (χ2n) is 7.83. The summed E-state index contributed by atoms with van der Waals surface area (Å²) in [6.45, 7) is 15.8. The van der Waals surface area contributed by atoms with E-state index in [0.717, 1.165) is 13.1 Å². The van der Waals surface area contributed by atoms with Crippen molar-refractivity contribution in [1.82, 2.24) is 9.80 Å². The lowest BCUT2D eigenvalue weighted by atomic mass is 9.86. The fourth-order valence-electron chi connectivity index (χ4n) is 3.34. The molecule has 1 heterocycles. The van der Waals surface area contributed by atoms with Crippen LogP contribution in [0.15, 0.2) is 0 Å². The number of likely N-dealkylation sites (tertiary alicyclic amines) is 1. The monoisotopic (exact) mass is 269 g/mol. The average molecular weight is 269 g/mol. The summed E-state index contributed by atoms with van der Waals surface area (Å²) in [6, 6.07) is 0.654. The number of hydrogen-bond donors (Lipinski definition) is 1. The molecule has 0 saturated carbocycles. The first-order valence-electron chi connectivity index (χ1n) is 7.85. The largest absolute Gasteiger partial charge is 0.329 e. The lowest BCUT2D eigenvalue weighted by molar-refractivity contribution is 0.0711. The molecule has 19 heavy (non-hydrogen) atoms. The molecule has 2 N–H and O–H groups in total. The molecule has 1 unspecified atom stereocenters. The Hall–Kier alpha value is -0.120. The third-order valence-electron chi connectivity index (χ3n) is 4.58. The van der Waals surface area contributed by atoms with E-state index in [4.69, 9.17) is 5.73 Å². The highest BCUT2D eigenvalue weighted by atomic mass is 15.2. The summed E-state index contributed by atoms with van der Waals surface area (Å²) >= 11 is 0. The Morgan fingerprint density at radius 2 is 1.84 bits per heavy atom. The molecule has 114 valence electrons. The topological polar surface area (TPSA) is 32.5 Å². The molecule has 1 aliphatic rings. The highest BCUT2D eigenvalue weighted by Gasteiger charge is 2.36. The number of rotatable bonds is 4. The number of hydrogen-bond acceptors (Lipinski definition) is 3. The summed E-state index contributed by atoms with van der Waals surface area (Å²) in [6.07, 6.45) is 3.71. The van der Waals surface area contributed by atoms with Crippen LogP contribution in [-0.2, 0) is 0 Å². The normalized spacial score (nSPS) is 27.0. The van der Waals surface area contributed by atoms with Crippen LogP contribution in [0, 0.1) is 5.41 Å². The minimum Gasteiger partial charge on any atom is -0.329 e.